The number of carbonyl (C=O) groups is 1. The summed E-state index contributed by atoms with van der Waals surface area (Å²) >= 11 is 0. The zero-order valence-corrected chi connectivity index (χ0v) is 14.8. The molecule has 8 nitrogen and oxygen atoms in total. The van der Waals surface area contributed by atoms with Crippen LogP contribution in [0, 0.1) is 0 Å². The number of carbonyl (C=O) groups excluding carboxylic acids is 1. The highest BCUT2D eigenvalue weighted by Gasteiger charge is 2.24. The summed E-state index contributed by atoms with van der Waals surface area (Å²) < 4.78 is 7.22. The summed E-state index contributed by atoms with van der Waals surface area (Å²) in [5.41, 5.74) is 2.17. The highest BCUT2D eigenvalue weighted by molar-refractivity contribution is 5.76. The van der Waals surface area contributed by atoms with Gasteiger partial charge in [0.1, 0.15) is 0 Å². The molecule has 8 heteroatoms. The minimum absolute atomic E-state index is 0.0656. The molecule has 1 atom stereocenters. The lowest BCUT2D eigenvalue weighted by Gasteiger charge is -2.33. The number of piperidine rings is 1. The number of ether oxygens (including phenoxy) is 1. The van der Waals surface area contributed by atoms with E-state index in [2.05, 4.69) is 20.3 Å². The van der Waals surface area contributed by atoms with Gasteiger partial charge in [-0.05, 0) is 18.9 Å². The smallest absolute Gasteiger partial charge is 0.225 e. The van der Waals surface area contributed by atoms with Crippen LogP contribution in [0.5, 0.6) is 0 Å². The van der Waals surface area contributed by atoms with Crippen molar-refractivity contribution >= 4 is 11.9 Å². The first kappa shape index (κ1) is 17.0. The second kappa shape index (κ2) is 7.82. The summed E-state index contributed by atoms with van der Waals surface area (Å²) in [6, 6.07) is 2.00. The van der Waals surface area contributed by atoms with E-state index in [1.165, 1.54) is 0 Å². The number of hydrogen-bond donors (Lipinski definition) is 1. The van der Waals surface area contributed by atoms with E-state index in [0.717, 1.165) is 56.2 Å². The molecule has 26 heavy (non-hydrogen) atoms. The van der Waals surface area contributed by atoms with Gasteiger partial charge in [0.15, 0.2) is 0 Å². The number of amides is 1. The van der Waals surface area contributed by atoms with Crippen molar-refractivity contribution in [2.75, 3.05) is 24.6 Å². The molecule has 1 fully saturated rings. The molecular formula is C18H24N6O2. The second-order valence-electron chi connectivity index (χ2n) is 6.82. The minimum atomic E-state index is 0.0656. The van der Waals surface area contributed by atoms with Crippen LogP contribution in [0.3, 0.4) is 0 Å². The van der Waals surface area contributed by atoms with Crippen molar-refractivity contribution in [1.29, 1.82) is 0 Å². The third kappa shape index (κ3) is 4.01. The lowest BCUT2D eigenvalue weighted by Crippen LogP contribution is -2.48. The van der Waals surface area contributed by atoms with Gasteiger partial charge in [0, 0.05) is 62.7 Å². The molecule has 1 saturated heterocycles. The average Bonchev–Trinajstić information content (AvgIpc) is 3.20. The Labute approximate surface area is 152 Å². The SMILES string of the molecule is O=C(CCn1cccn1)N[C@H]1CCCN(c2ncc3c(n2)CCOC3)C1. The van der Waals surface area contributed by atoms with Crippen LogP contribution in [0.4, 0.5) is 5.95 Å². The molecule has 2 aromatic heterocycles. The first-order chi connectivity index (χ1) is 12.8. The van der Waals surface area contributed by atoms with Gasteiger partial charge in [-0.25, -0.2) is 9.97 Å². The number of nitrogens with one attached hydrogen (secondary N) is 1. The fourth-order valence-corrected chi connectivity index (χ4v) is 3.50. The number of rotatable bonds is 5. The van der Waals surface area contributed by atoms with E-state index in [4.69, 9.17) is 9.72 Å². The van der Waals surface area contributed by atoms with E-state index in [0.29, 0.717) is 19.6 Å². The molecule has 2 aliphatic heterocycles. The van der Waals surface area contributed by atoms with Gasteiger partial charge >= 0.3 is 0 Å². The van der Waals surface area contributed by atoms with Crippen LogP contribution in [0.1, 0.15) is 30.5 Å². The standard InChI is InChI=1S/C18H24N6O2/c25-17(4-9-24-8-2-6-20-24)21-15-3-1-7-23(12-15)18-19-11-14-13-26-10-5-16(14)22-18/h2,6,8,11,15H,1,3-5,7,9-10,12-13H2,(H,21,25)/t15-/m0/s1. The van der Waals surface area contributed by atoms with Crippen LogP contribution < -0.4 is 10.2 Å². The quantitative estimate of drug-likeness (QED) is 0.858. The molecule has 0 aromatic carbocycles. The molecule has 0 radical (unpaired) electrons. The molecule has 1 amide bonds. The van der Waals surface area contributed by atoms with Crippen molar-refractivity contribution < 1.29 is 9.53 Å². The summed E-state index contributed by atoms with van der Waals surface area (Å²) in [5, 5.41) is 7.27. The molecular weight excluding hydrogens is 332 g/mol. The molecule has 138 valence electrons. The normalized spacial score (nSPS) is 19.8. The number of fused-ring (bicyclic) bond motifs is 1. The zero-order valence-electron chi connectivity index (χ0n) is 14.8. The molecule has 0 unspecified atom stereocenters. The van der Waals surface area contributed by atoms with Gasteiger partial charge < -0.3 is 15.0 Å². The van der Waals surface area contributed by atoms with Gasteiger partial charge in [-0.1, -0.05) is 0 Å². The molecule has 1 N–H and O–H groups in total. The van der Waals surface area contributed by atoms with E-state index < -0.39 is 0 Å². The summed E-state index contributed by atoms with van der Waals surface area (Å²) in [7, 11) is 0. The number of hydrogen-bond acceptors (Lipinski definition) is 6. The van der Waals surface area contributed by atoms with Crippen molar-refractivity contribution in [3.8, 4) is 0 Å². The Morgan fingerprint density at radius 1 is 1.42 bits per heavy atom. The highest BCUT2D eigenvalue weighted by atomic mass is 16.5. The van der Waals surface area contributed by atoms with E-state index in [1.54, 1.807) is 10.9 Å². The third-order valence-corrected chi connectivity index (χ3v) is 4.88. The van der Waals surface area contributed by atoms with E-state index in [9.17, 15) is 4.79 Å². The minimum Gasteiger partial charge on any atom is -0.376 e. The van der Waals surface area contributed by atoms with Gasteiger partial charge in [0.25, 0.3) is 0 Å². The van der Waals surface area contributed by atoms with Gasteiger partial charge in [-0.15, -0.1) is 0 Å². The number of aryl methyl sites for hydroxylation is 1. The third-order valence-electron chi connectivity index (χ3n) is 4.88. The fourth-order valence-electron chi connectivity index (χ4n) is 3.50. The number of aromatic nitrogens is 4. The highest BCUT2D eigenvalue weighted by Crippen LogP contribution is 2.20. The lowest BCUT2D eigenvalue weighted by atomic mass is 10.1. The molecule has 0 spiro atoms. The summed E-state index contributed by atoms with van der Waals surface area (Å²) in [4.78, 5) is 23.6. The number of nitrogens with zero attached hydrogens (tertiary/aromatic N) is 5. The van der Waals surface area contributed by atoms with Gasteiger partial charge in [0.05, 0.1) is 18.9 Å². The van der Waals surface area contributed by atoms with E-state index in [-0.39, 0.29) is 11.9 Å². The Morgan fingerprint density at radius 3 is 3.27 bits per heavy atom. The van der Waals surface area contributed by atoms with Crippen LogP contribution in [-0.2, 0) is 29.1 Å². The zero-order chi connectivity index (χ0) is 17.8. The van der Waals surface area contributed by atoms with Crippen LogP contribution in [0.25, 0.3) is 0 Å². The van der Waals surface area contributed by atoms with Crippen molar-refractivity contribution in [2.45, 2.75) is 44.9 Å². The van der Waals surface area contributed by atoms with Crippen LogP contribution in [-0.4, -0.2) is 51.4 Å². The Balaban J connectivity index is 1.33. The van der Waals surface area contributed by atoms with Crippen molar-refractivity contribution in [1.82, 2.24) is 25.1 Å². The first-order valence-corrected chi connectivity index (χ1v) is 9.22. The Hall–Kier alpha value is -2.48. The van der Waals surface area contributed by atoms with Crippen LogP contribution >= 0.6 is 0 Å². The Kier molecular flexibility index (Phi) is 5.10. The van der Waals surface area contributed by atoms with E-state index >= 15 is 0 Å². The molecule has 2 aliphatic rings. The predicted molar refractivity (Wildman–Crippen MR) is 95.6 cm³/mol. The maximum absolute atomic E-state index is 12.2. The molecule has 0 saturated carbocycles. The van der Waals surface area contributed by atoms with Crippen molar-refractivity contribution in [3.05, 3.63) is 35.9 Å². The molecule has 4 heterocycles. The fraction of sp³-hybridized carbons (Fsp3) is 0.556. The maximum Gasteiger partial charge on any atom is 0.225 e. The van der Waals surface area contributed by atoms with Crippen molar-refractivity contribution in [2.24, 2.45) is 0 Å². The van der Waals surface area contributed by atoms with Crippen LogP contribution in [0.15, 0.2) is 24.7 Å². The Bertz CT molecular complexity index is 748. The van der Waals surface area contributed by atoms with Crippen LogP contribution in [0.2, 0.25) is 0 Å². The maximum atomic E-state index is 12.2. The largest absolute Gasteiger partial charge is 0.376 e. The number of anilines is 1. The molecule has 2 aromatic rings. The van der Waals surface area contributed by atoms with Gasteiger partial charge in [0.2, 0.25) is 11.9 Å². The predicted octanol–water partition coefficient (Wildman–Crippen LogP) is 0.921. The monoisotopic (exact) mass is 356 g/mol. The topological polar surface area (TPSA) is 85.2 Å². The first-order valence-electron chi connectivity index (χ1n) is 9.22. The van der Waals surface area contributed by atoms with Crippen molar-refractivity contribution in [3.63, 3.8) is 0 Å². The summed E-state index contributed by atoms with van der Waals surface area (Å²) in [5.74, 6) is 0.831. The Morgan fingerprint density at radius 2 is 2.38 bits per heavy atom. The van der Waals surface area contributed by atoms with E-state index in [1.807, 2.05) is 18.5 Å². The summed E-state index contributed by atoms with van der Waals surface area (Å²) in [6.07, 6.45) is 8.76. The molecule has 0 bridgehead atoms. The molecule has 4 rings (SSSR count). The molecule has 0 aliphatic carbocycles. The van der Waals surface area contributed by atoms with Gasteiger partial charge in [-0.2, -0.15) is 5.10 Å². The average molecular weight is 356 g/mol. The van der Waals surface area contributed by atoms with Gasteiger partial charge in [-0.3, -0.25) is 9.48 Å². The lowest BCUT2D eigenvalue weighted by molar-refractivity contribution is -0.122. The summed E-state index contributed by atoms with van der Waals surface area (Å²) in [6.45, 7) is 3.60. The second-order valence-corrected chi connectivity index (χ2v) is 6.82.